The molecule has 3 unspecified atom stereocenters. The first kappa shape index (κ1) is 17.9. The van der Waals surface area contributed by atoms with E-state index in [-0.39, 0.29) is 16.8 Å². The van der Waals surface area contributed by atoms with Crippen LogP contribution >= 0.6 is 0 Å². The molecule has 0 bridgehead atoms. The zero-order valence-corrected chi connectivity index (χ0v) is 14.4. The van der Waals surface area contributed by atoms with Crippen LogP contribution in [-0.2, 0) is 14.8 Å². The second-order valence-corrected chi connectivity index (χ2v) is 7.92. The fourth-order valence-corrected chi connectivity index (χ4v) is 4.18. The highest BCUT2D eigenvalue weighted by Crippen LogP contribution is 2.22. The van der Waals surface area contributed by atoms with Crippen molar-refractivity contribution >= 4 is 15.9 Å². The summed E-state index contributed by atoms with van der Waals surface area (Å²) in [4.78, 5) is 14.5. The van der Waals surface area contributed by atoms with Crippen molar-refractivity contribution in [3.63, 3.8) is 0 Å². The molecule has 6 nitrogen and oxygen atoms in total. The lowest BCUT2D eigenvalue weighted by Gasteiger charge is -2.39. The van der Waals surface area contributed by atoms with E-state index in [0.29, 0.717) is 19.0 Å². The minimum atomic E-state index is -3.71. The summed E-state index contributed by atoms with van der Waals surface area (Å²) in [5, 5.41) is 0. The van der Waals surface area contributed by atoms with Gasteiger partial charge in [-0.25, -0.2) is 8.42 Å². The zero-order chi connectivity index (χ0) is 17.0. The van der Waals surface area contributed by atoms with E-state index in [9.17, 15) is 13.2 Å². The van der Waals surface area contributed by atoms with Gasteiger partial charge in [0.15, 0.2) is 0 Å². The third-order valence-electron chi connectivity index (χ3n) is 4.29. The van der Waals surface area contributed by atoms with Crippen molar-refractivity contribution in [1.82, 2.24) is 9.62 Å². The van der Waals surface area contributed by atoms with Crippen LogP contribution in [0.2, 0.25) is 0 Å². The number of sulfonamides is 1. The van der Waals surface area contributed by atoms with Gasteiger partial charge in [-0.2, -0.15) is 4.72 Å². The van der Waals surface area contributed by atoms with Crippen molar-refractivity contribution in [3.05, 3.63) is 30.3 Å². The highest BCUT2D eigenvalue weighted by molar-refractivity contribution is 7.89. The van der Waals surface area contributed by atoms with Crippen LogP contribution in [0.1, 0.15) is 26.7 Å². The van der Waals surface area contributed by atoms with Gasteiger partial charge in [0.25, 0.3) is 0 Å². The number of nitrogens with two attached hydrogens (primary N) is 1. The lowest BCUT2D eigenvalue weighted by Crippen LogP contribution is -2.55. The summed E-state index contributed by atoms with van der Waals surface area (Å²) in [6, 6.07) is 7.22. The minimum Gasteiger partial charge on any atom is -0.337 e. The number of likely N-dealkylation sites (tertiary alicyclic amines) is 1. The smallest absolute Gasteiger partial charge is 0.241 e. The van der Waals surface area contributed by atoms with Gasteiger partial charge in [0.2, 0.25) is 15.9 Å². The molecule has 7 heteroatoms. The molecule has 1 aliphatic rings. The average molecular weight is 339 g/mol. The lowest BCUT2D eigenvalue weighted by molar-refractivity contribution is -0.136. The Morgan fingerprint density at radius 1 is 1.39 bits per heavy atom. The molecule has 1 aliphatic heterocycles. The molecular weight excluding hydrogens is 314 g/mol. The van der Waals surface area contributed by atoms with Gasteiger partial charge in [-0.1, -0.05) is 25.1 Å². The number of rotatable bonds is 5. The van der Waals surface area contributed by atoms with Crippen LogP contribution in [0.4, 0.5) is 0 Å². The van der Waals surface area contributed by atoms with Crippen LogP contribution in [0, 0.1) is 5.92 Å². The van der Waals surface area contributed by atoms with Crippen molar-refractivity contribution in [2.24, 2.45) is 11.7 Å². The zero-order valence-electron chi connectivity index (χ0n) is 13.6. The Morgan fingerprint density at radius 2 is 2.04 bits per heavy atom. The maximum atomic E-state index is 12.6. The Kier molecular flexibility index (Phi) is 5.78. The van der Waals surface area contributed by atoms with Crippen molar-refractivity contribution in [1.29, 1.82) is 0 Å². The lowest BCUT2D eigenvalue weighted by atomic mass is 9.92. The predicted molar refractivity (Wildman–Crippen MR) is 89.2 cm³/mol. The maximum Gasteiger partial charge on any atom is 0.241 e. The van der Waals surface area contributed by atoms with Gasteiger partial charge in [-0.3, -0.25) is 4.79 Å². The van der Waals surface area contributed by atoms with Crippen LogP contribution in [-0.4, -0.2) is 44.4 Å². The molecule has 1 fully saturated rings. The number of nitrogens with one attached hydrogen (secondary N) is 1. The van der Waals surface area contributed by atoms with Crippen LogP contribution in [0.3, 0.4) is 0 Å². The molecule has 3 atom stereocenters. The van der Waals surface area contributed by atoms with Crippen molar-refractivity contribution in [2.75, 3.05) is 13.1 Å². The van der Waals surface area contributed by atoms with E-state index in [1.807, 2.05) is 0 Å². The van der Waals surface area contributed by atoms with Crippen molar-refractivity contribution in [3.8, 4) is 0 Å². The van der Waals surface area contributed by atoms with Crippen LogP contribution in [0.15, 0.2) is 35.2 Å². The van der Waals surface area contributed by atoms with Crippen molar-refractivity contribution in [2.45, 2.75) is 43.7 Å². The highest BCUT2D eigenvalue weighted by Gasteiger charge is 2.33. The topological polar surface area (TPSA) is 92.5 Å². The Bertz CT molecular complexity index is 633. The third kappa shape index (κ3) is 4.31. The summed E-state index contributed by atoms with van der Waals surface area (Å²) < 4.78 is 27.1. The Hall–Kier alpha value is -1.44. The predicted octanol–water partition coefficient (Wildman–Crippen LogP) is 0.939. The van der Waals surface area contributed by atoms with Crippen LogP contribution in [0.5, 0.6) is 0 Å². The summed E-state index contributed by atoms with van der Waals surface area (Å²) in [5.41, 5.74) is 5.78. The number of carbonyl (C=O) groups is 1. The number of hydrogen-bond donors (Lipinski definition) is 2. The molecule has 1 saturated heterocycles. The molecular formula is C16H25N3O3S. The number of piperidine rings is 1. The van der Waals surface area contributed by atoms with Gasteiger partial charge in [0.05, 0.1) is 10.9 Å². The van der Waals surface area contributed by atoms with E-state index < -0.39 is 16.1 Å². The largest absolute Gasteiger partial charge is 0.337 e. The van der Waals surface area contributed by atoms with E-state index in [2.05, 4.69) is 11.6 Å². The fourth-order valence-electron chi connectivity index (χ4n) is 2.96. The van der Waals surface area contributed by atoms with Gasteiger partial charge < -0.3 is 10.6 Å². The van der Waals surface area contributed by atoms with Gasteiger partial charge in [0, 0.05) is 19.1 Å². The molecule has 23 heavy (non-hydrogen) atoms. The molecule has 1 heterocycles. The summed E-state index contributed by atoms with van der Waals surface area (Å²) in [6.45, 7) is 4.74. The van der Waals surface area contributed by atoms with Gasteiger partial charge >= 0.3 is 0 Å². The monoisotopic (exact) mass is 339 g/mol. The molecule has 1 aromatic rings. The summed E-state index contributed by atoms with van der Waals surface area (Å²) >= 11 is 0. The highest BCUT2D eigenvalue weighted by atomic mass is 32.2. The Balaban J connectivity index is 2.08. The molecule has 0 saturated carbocycles. The van der Waals surface area contributed by atoms with E-state index in [4.69, 9.17) is 5.73 Å². The maximum absolute atomic E-state index is 12.6. The number of carbonyl (C=O) groups excluding carboxylic acids is 1. The quantitative estimate of drug-likeness (QED) is 0.835. The minimum absolute atomic E-state index is 0.0186. The van der Waals surface area contributed by atoms with Crippen molar-refractivity contribution < 1.29 is 13.2 Å². The number of benzene rings is 1. The van der Waals surface area contributed by atoms with E-state index >= 15 is 0 Å². The molecule has 3 N–H and O–H groups in total. The molecule has 0 radical (unpaired) electrons. The van der Waals surface area contributed by atoms with Gasteiger partial charge in [-0.05, 0) is 37.8 Å². The first-order valence-corrected chi connectivity index (χ1v) is 9.41. The first-order chi connectivity index (χ1) is 10.8. The third-order valence-corrected chi connectivity index (χ3v) is 5.85. The second-order valence-electron chi connectivity index (χ2n) is 6.21. The van der Waals surface area contributed by atoms with Crippen LogP contribution in [0.25, 0.3) is 0 Å². The van der Waals surface area contributed by atoms with E-state index in [1.54, 1.807) is 30.0 Å². The molecule has 1 amide bonds. The molecule has 128 valence electrons. The fraction of sp³-hybridized carbons (Fsp3) is 0.562. The summed E-state index contributed by atoms with van der Waals surface area (Å²) in [5.74, 6) is 0.316. The molecule has 0 spiro atoms. The SMILES string of the molecule is CC1CCN(C(=O)C(C)NS(=O)(=O)c2ccccc2)C(CN)C1. The Morgan fingerprint density at radius 3 is 2.65 bits per heavy atom. The first-order valence-electron chi connectivity index (χ1n) is 7.93. The number of nitrogens with zero attached hydrogens (tertiary/aromatic N) is 1. The Labute approximate surface area is 138 Å². The number of amides is 1. The molecule has 0 aromatic heterocycles. The standard InChI is InChI=1S/C16H25N3O3S/c1-12-8-9-19(14(10-12)11-17)16(20)13(2)18-23(21,22)15-6-4-3-5-7-15/h3-7,12-14,18H,8-11,17H2,1-2H3. The molecule has 1 aromatic carbocycles. The average Bonchev–Trinajstić information content (AvgIpc) is 2.54. The van der Waals surface area contributed by atoms with E-state index in [0.717, 1.165) is 12.8 Å². The van der Waals surface area contributed by atoms with Crippen LogP contribution < -0.4 is 10.5 Å². The number of hydrogen-bond acceptors (Lipinski definition) is 4. The summed E-state index contributed by atoms with van der Waals surface area (Å²) in [6.07, 6.45) is 1.78. The van der Waals surface area contributed by atoms with E-state index in [1.165, 1.54) is 12.1 Å². The normalized spacial score (nSPS) is 23.5. The second kappa shape index (κ2) is 7.42. The molecule has 0 aliphatic carbocycles. The van der Waals surface area contributed by atoms with Gasteiger partial charge in [-0.15, -0.1) is 0 Å². The summed E-state index contributed by atoms with van der Waals surface area (Å²) in [7, 11) is -3.71. The van der Waals surface area contributed by atoms with Gasteiger partial charge in [0.1, 0.15) is 0 Å². The molecule has 2 rings (SSSR count).